The lowest BCUT2D eigenvalue weighted by Crippen LogP contribution is -2.48. The topological polar surface area (TPSA) is 84.9 Å². The van der Waals surface area contributed by atoms with Gasteiger partial charge in [0.1, 0.15) is 12.4 Å². The number of carbonyl (C=O) groups is 2. The van der Waals surface area contributed by atoms with E-state index in [2.05, 4.69) is 5.32 Å². The van der Waals surface area contributed by atoms with E-state index in [0.29, 0.717) is 15.8 Å². The third-order valence-corrected chi connectivity index (χ3v) is 6.61. The van der Waals surface area contributed by atoms with E-state index in [1.165, 1.54) is 0 Å². The number of nitrogens with one attached hydrogen (secondary N) is 1. The minimum Gasteiger partial charge on any atom is -0.487 e. The van der Waals surface area contributed by atoms with Crippen molar-refractivity contribution < 1.29 is 24.2 Å². The molecule has 8 heteroatoms. The van der Waals surface area contributed by atoms with Gasteiger partial charge >= 0.3 is 5.97 Å². The number of hydrogen-bond acceptors (Lipinski definition) is 4. The van der Waals surface area contributed by atoms with E-state index >= 15 is 0 Å². The molecular formula is C29H25Cl2NO5. The second-order valence-corrected chi connectivity index (χ2v) is 9.31. The fourth-order valence-electron chi connectivity index (χ4n) is 3.86. The van der Waals surface area contributed by atoms with Crippen molar-refractivity contribution in [2.75, 3.05) is 0 Å². The minimum atomic E-state index is -1.27. The predicted molar refractivity (Wildman–Crippen MR) is 144 cm³/mol. The molecule has 0 aliphatic rings. The maximum Gasteiger partial charge on any atom is 0.328 e. The number of aliphatic carboxylic acids is 1. The number of carbonyl (C=O) groups excluding carboxylic acids is 1. The summed E-state index contributed by atoms with van der Waals surface area (Å²) in [6.45, 7) is 1.96. The van der Waals surface area contributed by atoms with E-state index in [1.54, 1.807) is 37.3 Å². The lowest BCUT2D eigenvalue weighted by atomic mass is 10.0. The van der Waals surface area contributed by atoms with Gasteiger partial charge in [-0.25, -0.2) is 4.79 Å². The SMILES string of the molecule is CC(OCc1ccccc1)[C@H](NC(=O)c1ccc2ccccc2c1OCc1ccc(Cl)c(Cl)c1)C(=O)O. The number of amides is 1. The van der Waals surface area contributed by atoms with Crippen molar-refractivity contribution in [1.29, 1.82) is 0 Å². The molecule has 4 aromatic carbocycles. The van der Waals surface area contributed by atoms with Crippen molar-refractivity contribution in [3.8, 4) is 5.75 Å². The normalized spacial score (nSPS) is 12.6. The van der Waals surface area contributed by atoms with Crippen LogP contribution in [0, 0.1) is 0 Å². The Bertz CT molecular complexity index is 1410. The monoisotopic (exact) mass is 537 g/mol. The molecule has 2 atom stereocenters. The molecule has 0 saturated heterocycles. The van der Waals surface area contributed by atoms with E-state index < -0.39 is 24.0 Å². The highest BCUT2D eigenvalue weighted by atomic mass is 35.5. The second-order valence-electron chi connectivity index (χ2n) is 8.49. The van der Waals surface area contributed by atoms with Crippen LogP contribution in [0.25, 0.3) is 10.8 Å². The minimum absolute atomic E-state index is 0.129. The van der Waals surface area contributed by atoms with Crippen molar-refractivity contribution in [1.82, 2.24) is 5.32 Å². The number of ether oxygens (including phenoxy) is 2. The maximum atomic E-state index is 13.4. The van der Waals surface area contributed by atoms with Gasteiger partial charge in [0.2, 0.25) is 0 Å². The summed E-state index contributed by atoms with van der Waals surface area (Å²) in [6, 6.07) is 24.2. The number of hydrogen-bond donors (Lipinski definition) is 2. The second kappa shape index (κ2) is 12.1. The maximum absolute atomic E-state index is 13.4. The van der Waals surface area contributed by atoms with Gasteiger partial charge in [0, 0.05) is 5.39 Å². The summed E-state index contributed by atoms with van der Waals surface area (Å²) >= 11 is 12.2. The number of benzene rings is 4. The molecule has 0 radical (unpaired) electrons. The van der Waals surface area contributed by atoms with Crippen molar-refractivity contribution in [3.63, 3.8) is 0 Å². The molecule has 0 fully saturated rings. The summed E-state index contributed by atoms with van der Waals surface area (Å²) in [5.74, 6) is -1.45. The lowest BCUT2D eigenvalue weighted by Gasteiger charge is -2.23. The molecule has 37 heavy (non-hydrogen) atoms. The van der Waals surface area contributed by atoms with Gasteiger partial charge in [0.15, 0.2) is 6.04 Å². The molecule has 6 nitrogen and oxygen atoms in total. The molecule has 0 spiro atoms. The quantitative estimate of drug-likeness (QED) is 0.240. The Kier molecular flexibility index (Phi) is 8.66. The summed E-state index contributed by atoms with van der Waals surface area (Å²) in [4.78, 5) is 25.4. The fourth-order valence-corrected chi connectivity index (χ4v) is 4.18. The first-order valence-corrected chi connectivity index (χ1v) is 12.4. The molecule has 0 aliphatic carbocycles. The summed E-state index contributed by atoms with van der Waals surface area (Å²) < 4.78 is 11.9. The summed E-state index contributed by atoms with van der Waals surface area (Å²) in [6.07, 6.45) is -0.789. The highest BCUT2D eigenvalue weighted by Crippen LogP contribution is 2.31. The van der Waals surface area contributed by atoms with Gasteiger partial charge in [0.05, 0.1) is 28.3 Å². The van der Waals surface area contributed by atoms with Crippen LogP contribution in [-0.4, -0.2) is 29.1 Å². The Morgan fingerprint density at radius 2 is 1.59 bits per heavy atom. The molecule has 2 N–H and O–H groups in total. The van der Waals surface area contributed by atoms with Crippen LogP contribution in [0.5, 0.6) is 5.75 Å². The first kappa shape index (κ1) is 26.5. The van der Waals surface area contributed by atoms with Crippen LogP contribution in [-0.2, 0) is 22.7 Å². The van der Waals surface area contributed by atoms with Crippen molar-refractivity contribution in [3.05, 3.63) is 112 Å². The number of fused-ring (bicyclic) bond motifs is 1. The van der Waals surface area contributed by atoms with E-state index in [0.717, 1.165) is 21.9 Å². The molecule has 1 amide bonds. The molecule has 0 bridgehead atoms. The summed E-state index contributed by atoms with van der Waals surface area (Å²) in [7, 11) is 0. The van der Waals surface area contributed by atoms with Crippen molar-refractivity contribution in [2.24, 2.45) is 0 Å². The predicted octanol–water partition coefficient (Wildman–Crippen LogP) is 6.51. The average molecular weight is 538 g/mol. The first-order valence-electron chi connectivity index (χ1n) is 11.6. The average Bonchev–Trinajstić information content (AvgIpc) is 2.91. The Morgan fingerprint density at radius 1 is 0.865 bits per heavy atom. The molecule has 1 unspecified atom stereocenters. The van der Waals surface area contributed by atoms with Gasteiger partial charge in [-0.15, -0.1) is 0 Å². The first-order chi connectivity index (χ1) is 17.8. The van der Waals surface area contributed by atoms with Crippen LogP contribution < -0.4 is 10.1 Å². The van der Waals surface area contributed by atoms with Gasteiger partial charge in [0.25, 0.3) is 5.91 Å². The molecule has 0 aliphatic heterocycles. The lowest BCUT2D eigenvalue weighted by molar-refractivity contribution is -0.143. The van der Waals surface area contributed by atoms with Gasteiger partial charge in [-0.1, -0.05) is 89.9 Å². The summed E-state index contributed by atoms with van der Waals surface area (Å²) in [5, 5.41) is 14.9. The van der Waals surface area contributed by atoms with Gasteiger partial charge < -0.3 is 19.9 Å². The third-order valence-electron chi connectivity index (χ3n) is 5.87. The Labute approximate surface area is 224 Å². The van der Waals surface area contributed by atoms with Crippen molar-refractivity contribution in [2.45, 2.75) is 32.3 Å². The third kappa shape index (κ3) is 6.60. The zero-order chi connectivity index (χ0) is 26.4. The smallest absolute Gasteiger partial charge is 0.328 e. The Hall–Kier alpha value is -3.58. The van der Waals surface area contributed by atoms with Crippen LogP contribution in [0.2, 0.25) is 10.0 Å². The van der Waals surface area contributed by atoms with Crippen molar-refractivity contribution >= 4 is 45.9 Å². The Morgan fingerprint density at radius 3 is 2.32 bits per heavy atom. The Balaban J connectivity index is 1.57. The van der Waals surface area contributed by atoms with Gasteiger partial charge in [-0.05, 0) is 41.6 Å². The zero-order valence-electron chi connectivity index (χ0n) is 20.0. The molecule has 0 saturated carbocycles. The van der Waals surface area contributed by atoms with Crippen LogP contribution in [0.3, 0.4) is 0 Å². The molecule has 190 valence electrons. The van der Waals surface area contributed by atoms with Crippen LogP contribution >= 0.6 is 23.2 Å². The van der Waals surface area contributed by atoms with E-state index in [1.807, 2.05) is 54.6 Å². The van der Waals surface area contributed by atoms with Gasteiger partial charge in [-0.3, -0.25) is 4.79 Å². The molecular weight excluding hydrogens is 513 g/mol. The number of carboxylic acids is 1. The standard InChI is InChI=1S/C29H25Cl2NO5/c1-18(36-16-19-7-3-2-4-8-19)26(29(34)35)32-28(33)23-13-12-21-9-5-6-10-22(21)27(23)37-17-20-11-14-24(30)25(31)15-20/h2-15,18,26H,16-17H2,1H3,(H,32,33)(H,34,35)/t18?,26-/m0/s1. The summed E-state index contributed by atoms with van der Waals surface area (Å²) in [5.41, 5.74) is 1.87. The molecule has 0 heterocycles. The van der Waals surface area contributed by atoms with Gasteiger partial charge in [-0.2, -0.15) is 0 Å². The zero-order valence-corrected chi connectivity index (χ0v) is 21.5. The largest absolute Gasteiger partial charge is 0.487 e. The number of halogens is 2. The van der Waals surface area contributed by atoms with E-state index in [9.17, 15) is 14.7 Å². The fraction of sp³-hybridized carbons (Fsp3) is 0.172. The van der Waals surface area contributed by atoms with Crippen LogP contribution in [0.15, 0.2) is 84.9 Å². The highest BCUT2D eigenvalue weighted by Gasteiger charge is 2.29. The molecule has 0 aromatic heterocycles. The number of carboxylic acid groups (broad SMARTS) is 1. The molecule has 4 aromatic rings. The van der Waals surface area contributed by atoms with E-state index in [-0.39, 0.29) is 18.8 Å². The van der Waals surface area contributed by atoms with Crippen LogP contribution in [0.1, 0.15) is 28.4 Å². The van der Waals surface area contributed by atoms with E-state index in [4.69, 9.17) is 32.7 Å². The van der Waals surface area contributed by atoms with Crippen LogP contribution in [0.4, 0.5) is 0 Å². The molecule has 4 rings (SSSR count). The highest BCUT2D eigenvalue weighted by molar-refractivity contribution is 6.42. The number of rotatable bonds is 10.